The van der Waals surface area contributed by atoms with Crippen molar-refractivity contribution in [3.8, 4) is 23.1 Å². The molecule has 2 heterocycles. The van der Waals surface area contributed by atoms with E-state index < -0.39 is 0 Å². The molecule has 0 saturated heterocycles. The third-order valence-electron chi connectivity index (χ3n) is 5.18. The standard InChI is InChI=1S/C25H21ClN4O2/c1-30-16-28-14-23(30)25(18-8-6-17(12-27)7-9-18)32-15-20-13-29-24(31-2)11-22(20)19-4-3-5-21(26)10-19/h3-11,13-14,16,25H,15H2,1-2H3. The van der Waals surface area contributed by atoms with Gasteiger partial charge in [0.2, 0.25) is 5.88 Å². The Morgan fingerprint density at radius 2 is 1.94 bits per heavy atom. The predicted octanol–water partition coefficient (Wildman–Crippen LogP) is 5.32. The number of pyridine rings is 1. The largest absolute Gasteiger partial charge is 0.481 e. The van der Waals surface area contributed by atoms with Gasteiger partial charge >= 0.3 is 0 Å². The van der Waals surface area contributed by atoms with Gasteiger partial charge in [-0.2, -0.15) is 5.26 Å². The molecule has 1 atom stereocenters. The van der Waals surface area contributed by atoms with Crippen LogP contribution in [-0.2, 0) is 18.4 Å². The number of methoxy groups -OCH3 is 1. The number of halogens is 1. The first-order valence-corrected chi connectivity index (χ1v) is 10.3. The van der Waals surface area contributed by atoms with Crippen LogP contribution >= 0.6 is 11.6 Å². The van der Waals surface area contributed by atoms with Gasteiger partial charge in [0.25, 0.3) is 0 Å². The van der Waals surface area contributed by atoms with Crippen molar-refractivity contribution in [3.05, 3.63) is 101 Å². The fourth-order valence-corrected chi connectivity index (χ4v) is 3.68. The van der Waals surface area contributed by atoms with Crippen molar-refractivity contribution in [1.82, 2.24) is 14.5 Å². The summed E-state index contributed by atoms with van der Waals surface area (Å²) in [6.07, 6.45) is 4.91. The van der Waals surface area contributed by atoms with E-state index in [1.807, 2.05) is 54.1 Å². The van der Waals surface area contributed by atoms with Crippen LogP contribution in [-0.4, -0.2) is 21.6 Å². The molecule has 4 rings (SSSR count). The van der Waals surface area contributed by atoms with Crippen LogP contribution in [0.25, 0.3) is 11.1 Å². The highest BCUT2D eigenvalue weighted by Crippen LogP contribution is 2.32. The Kier molecular flexibility index (Phi) is 6.50. The first-order valence-electron chi connectivity index (χ1n) is 9.95. The summed E-state index contributed by atoms with van der Waals surface area (Å²) < 4.78 is 13.7. The molecule has 0 bridgehead atoms. The molecule has 6 nitrogen and oxygen atoms in total. The summed E-state index contributed by atoms with van der Waals surface area (Å²) in [4.78, 5) is 8.61. The van der Waals surface area contributed by atoms with Crippen LogP contribution in [0.4, 0.5) is 0 Å². The van der Waals surface area contributed by atoms with Crippen LogP contribution in [0.15, 0.2) is 73.3 Å². The van der Waals surface area contributed by atoms with Crippen molar-refractivity contribution in [2.45, 2.75) is 12.7 Å². The average molecular weight is 445 g/mol. The maximum atomic E-state index is 9.13. The van der Waals surface area contributed by atoms with E-state index in [1.165, 1.54) is 0 Å². The summed E-state index contributed by atoms with van der Waals surface area (Å²) in [5, 5.41) is 9.77. The molecule has 0 aliphatic rings. The molecule has 2 aromatic heterocycles. The normalized spacial score (nSPS) is 11.7. The maximum Gasteiger partial charge on any atom is 0.213 e. The second kappa shape index (κ2) is 9.65. The minimum atomic E-state index is -0.371. The molecule has 0 fully saturated rings. The van der Waals surface area contributed by atoms with E-state index in [-0.39, 0.29) is 6.10 Å². The third-order valence-corrected chi connectivity index (χ3v) is 5.41. The summed E-state index contributed by atoms with van der Waals surface area (Å²) >= 11 is 6.23. The molecule has 0 aliphatic heterocycles. The fraction of sp³-hybridized carbons (Fsp3) is 0.160. The van der Waals surface area contributed by atoms with E-state index in [0.717, 1.165) is 27.9 Å². The molecule has 32 heavy (non-hydrogen) atoms. The molecule has 0 N–H and O–H groups in total. The van der Waals surface area contributed by atoms with Gasteiger partial charge in [0.1, 0.15) is 6.10 Å². The number of nitrogens with zero attached hydrogens (tertiary/aromatic N) is 4. The van der Waals surface area contributed by atoms with Gasteiger partial charge in [0.15, 0.2) is 0 Å². The Hall–Kier alpha value is -3.66. The van der Waals surface area contributed by atoms with Gasteiger partial charge in [-0.05, 0) is 41.0 Å². The van der Waals surface area contributed by atoms with Crippen molar-refractivity contribution in [2.75, 3.05) is 7.11 Å². The van der Waals surface area contributed by atoms with Crippen LogP contribution in [0.1, 0.15) is 28.5 Å². The summed E-state index contributed by atoms with van der Waals surface area (Å²) in [6, 6.07) is 19.0. The summed E-state index contributed by atoms with van der Waals surface area (Å²) in [6.45, 7) is 0.300. The number of rotatable bonds is 7. The van der Waals surface area contributed by atoms with E-state index in [1.54, 1.807) is 38.0 Å². The number of aryl methyl sites for hydroxylation is 1. The number of nitriles is 1. The lowest BCUT2D eigenvalue weighted by molar-refractivity contribution is 0.0622. The summed E-state index contributed by atoms with van der Waals surface area (Å²) in [5.41, 5.74) is 5.21. The van der Waals surface area contributed by atoms with Crippen molar-refractivity contribution in [3.63, 3.8) is 0 Å². The topological polar surface area (TPSA) is 73.0 Å². The first-order chi connectivity index (χ1) is 15.6. The Balaban J connectivity index is 1.69. The van der Waals surface area contributed by atoms with Crippen LogP contribution in [0.2, 0.25) is 5.02 Å². The van der Waals surface area contributed by atoms with Crippen molar-refractivity contribution in [2.24, 2.45) is 7.05 Å². The number of hydrogen-bond acceptors (Lipinski definition) is 5. The zero-order valence-electron chi connectivity index (χ0n) is 17.7. The number of aromatic nitrogens is 3. The van der Waals surface area contributed by atoms with Crippen molar-refractivity contribution >= 4 is 11.6 Å². The van der Waals surface area contributed by atoms with Crippen molar-refractivity contribution < 1.29 is 9.47 Å². The molecule has 2 aromatic carbocycles. The Morgan fingerprint density at radius 1 is 1.12 bits per heavy atom. The minimum absolute atomic E-state index is 0.300. The zero-order valence-corrected chi connectivity index (χ0v) is 18.5. The molecule has 4 aromatic rings. The van der Waals surface area contributed by atoms with Crippen molar-refractivity contribution in [1.29, 1.82) is 5.26 Å². The smallest absolute Gasteiger partial charge is 0.213 e. The third kappa shape index (κ3) is 4.65. The van der Waals surface area contributed by atoms with E-state index in [9.17, 15) is 0 Å². The molecule has 0 spiro atoms. The Labute approximate surface area is 191 Å². The highest BCUT2D eigenvalue weighted by Gasteiger charge is 2.20. The van der Waals surface area contributed by atoms with Gasteiger partial charge in [-0.25, -0.2) is 9.97 Å². The lowest BCUT2D eigenvalue weighted by Gasteiger charge is -2.20. The minimum Gasteiger partial charge on any atom is -0.481 e. The number of ether oxygens (including phenoxy) is 2. The Bertz CT molecular complexity index is 1260. The molecular weight excluding hydrogens is 424 g/mol. The van der Waals surface area contributed by atoms with Gasteiger partial charge in [0.05, 0.1) is 43.6 Å². The van der Waals surface area contributed by atoms with Crippen LogP contribution in [0.3, 0.4) is 0 Å². The van der Waals surface area contributed by atoms with Crippen LogP contribution < -0.4 is 4.74 Å². The lowest BCUT2D eigenvalue weighted by atomic mass is 10.0. The molecule has 0 saturated carbocycles. The van der Waals surface area contributed by atoms with Gasteiger partial charge in [-0.15, -0.1) is 0 Å². The molecule has 160 valence electrons. The number of hydrogen-bond donors (Lipinski definition) is 0. The first kappa shape index (κ1) is 21.6. The number of imidazole rings is 1. The van der Waals surface area contributed by atoms with Gasteiger partial charge in [-0.1, -0.05) is 35.9 Å². The molecule has 0 radical (unpaired) electrons. The average Bonchev–Trinajstić information content (AvgIpc) is 3.25. The fourth-order valence-electron chi connectivity index (χ4n) is 3.49. The summed E-state index contributed by atoms with van der Waals surface area (Å²) in [7, 11) is 3.51. The highest BCUT2D eigenvalue weighted by molar-refractivity contribution is 6.30. The van der Waals surface area contributed by atoms with Crippen LogP contribution in [0, 0.1) is 11.3 Å². The SMILES string of the molecule is COc1cc(-c2cccc(Cl)c2)c(COC(c2ccc(C#N)cc2)c2cncn2C)cn1. The molecule has 7 heteroatoms. The molecule has 1 unspecified atom stereocenters. The van der Waals surface area contributed by atoms with Gasteiger partial charge in [0, 0.05) is 29.9 Å². The summed E-state index contributed by atoms with van der Waals surface area (Å²) in [5.74, 6) is 0.513. The second-order valence-corrected chi connectivity index (χ2v) is 7.68. The van der Waals surface area contributed by atoms with Gasteiger partial charge < -0.3 is 14.0 Å². The quantitative estimate of drug-likeness (QED) is 0.385. The second-order valence-electron chi connectivity index (χ2n) is 7.25. The molecule has 0 aliphatic carbocycles. The maximum absolute atomic E-state index is 9.13. The van der Waals surface area contributed by atoms with Gasteiger partial charge in [-0.3, -0.25) is 0 Å². The molecule has 0 amide bonds. The van der Waals surface area contributed by atoms with E-state index in [4.69, 9.17) is 26.3 Å². The monoisotopic (exact) mass is 444 g/mol. The highest BCUT2D eigenvalue weighted by atomic mass is 35.5. The lowest BCUT2D eigenvalue weighted by Crippen LogP contribution is -2.11. The van der Waals surface area contributed by atoms with E-state index >= 15 is 0 Å². The van der Waals surface area contributed by atoms with E-state index in [0.29, 0.717) is 23.1 Å². The van der Waals surface area contributed by atoms with Crippen LogP contribution in [0.5, 0.6) is 5.88 Å². The zero-order chi connectivity index (χ0) is 22.5. The van der Waals surface area contributed by atoms with E-state index in [2.05, 4.69) is 16.0 Å². The molecular formula is C25H21ClN4O2. The Morgan fingerprint density at radius 3 is 2.59 bits per heavy atom. The number of benzene rings is 2. The predicted molar refractivity (Wildman–Crippen MR) is 122 cm³/mol.